The van der Waals surface area contributed by atoms with Crippen LogP contribution in [0.15, 0.2) is 42.5 Å². The average molecular weight is 448 g/mol. The van der Waals surface area contributed by atoms with E-state index in [0.717, 1.165) is 16.9 Å². The van der Waals surface area contributed by atoms with E-state index in [2.05, 4.69) is 15.5 Å². The summed E-state index contributed by atoms with van der Waals surface area (Å²) in [5.41, 5.74) is 1.25. The van der Waals surface area contributed by atoms with Crippen LogP contribution in [0.2, 0.25) is 0 Å². The highest BCUT2D eigenvalue weighted by atomic mass is 35.5. The van der Waals surface area contributed by atoms with E-state index >= 15 is 0 Å². The van der Waals surface area contributed by atoms with Gasteiger partial charge in [-0.3, -0.25) is 4.79 Å². The van der Waals surface area contributed by atoms with Gasteiger partial charge < -0.3 is 14.8 Å². The molecule has 0 aliphatic carbocycles. The monoisotopic (exact) mass is 447 g/mol. The number of ether oxygens (including phenoxy) is 2. The lowest BCUT2D eigenvalue weighted by Crippen LogP contribution is -2.11. The number of benzene rings is 2. The highest BCUT2D eigenvalue weighted by Crippen LogP contribution is 2.31. The molecular formula is C21H19ClFN3O3S. The maximum Gasteiger partial charge on any atom is 0.286 e. The van der Waals surface area contributed by atoms with Gasteiger partial charge in [0.25, 0.3) is 5.91 Å². The average Bonchev–Trinajstić information content (AvgIpc) is 3.23. The van der Waals surface area contributed by atoms with Crippen LogP contribution in [-0.2, 0) is 0 Å². The number of carbonyl (C=O) groups is 1. The minimum atomic E-state index is -0.450. The van der Waals surface area contributed by atoms with Gasteiger partial charge in [0.2, 0.25) is 5.01 Å². The molecule has 0 saturated carbocycles. The van der Waals surface area contributed by atoms with E-state index in [0.29, 0.717) is 40.4 Å². The van der Waals surface area contributed by atoms with E-state index in [4.69, 9.17) is 21.1 Å². The van der Waals surface area contributed by atoms with Crippen LogP contribution in [0.25, 0.3) is 11.1 Å². The molecular weight excluding hydrogens is 429 g/mol. The maximum absolute atomic E-state index is 13.0. The van der Waals surface area contributed by atoms with Gasteiger partial charge >= 0.3 is 0 Å². The van der Waals surface area contributed by atoms with E-state index < -0.39 is 5.91 Å². The molecule has 0 spiro atoms. The minimum absolute atomic E-state index is 0.141. The molecule has 0 aliphatic rings. The summed E-state index contributed by atoms with van der Waals surface area (Å²) in [6.07, 6.45) is 1.71. The summed E-state index contributed by atoms with van der Waals surface area (Å²) in [7, 11) is 0. The molecule has 0 atom stereocenters. The lowest BCUT2D eigenvalue weighted by molar-refractivity contribution is 0.102. The second-order valence-electron chi connectivity index (χ2n) is 5.94. The second kappa shape index (κ2) is 10.2. The number of hydrogen-bond donors (Lipinski definition) is 1. The Morgan fingerprint density at radius 3 is 2.43 bits per heavy atom. The number of hydrogen-bond acceptors (Lipinski definition) is 6. The summed E-state index contributed by atoms with van der Waals surface area (Å²) in [4.78, 5) is 12.3. The van der Waals surface area contributed by atoms with E-state index in [1.165, 1.54) is 24.3 Å². The van der Waals surface area contributed by atoms with Crippen LogP contribution in [-0.4, -0.2) is 29.3 Å². The molecule has 0 saturated heterocycles. The van der Waals surface area contributed by atoms with Crippen molar-refractivity contribution < 1.29 is 18.7 Å². The maximum atomic E-state index is 13.0. The van der Waals surface area contributed by atoms with Crippen molar-refractivity contribution in [3.05, 3.63) is 63.9 Å². The molecule has 3 rings (SSSR count). The Balaban J connectivity index is 1.75. The van der Waals surface area contributed by atoms with Crippen molar-refractivity contribution in [2.75, 3.05) is 18.5 Å². The number of amides is 1. The molecule has 1 amide bonds. The Labute approximate surface area is 182 Å². The molecule has 1 N–H and O–H groups in total. The summed E-state index contributed by atoms with van der Waals surface area (Å²) in [5.74, 6) is 0.442. The molecule has 0 radical (unpaired) electrons. The minimum Gasteiger partial charge on any atom is -0.490 e. The van der Waals surface area contributed by atoms with Gasteiger partial charge in [0.1, 0.15) is 5.82 Å². The first-order chi connectivity index (χ1) is 14.5. The fourth-order valence-electron chi connectivity index (χ4n) is 2.49. The molecule has 0 aliphatic heterocycles. The van der Waals surface area contributed by atoms with Crippen molar-refractivity contribution in [3.8, 4) is 11.5 Å². The molecule has 30 heavy (non-hydrogen) atoms. The molecule has 1 heterocycles. The highest BCUT2D eigenvalue weighted by Gasteiger charge is 2.15. The molecule has 1 aromatic heterocycles. The Kier molecular flexibility index (Phi) is 7.37. The predicted octanol–water partition coefficient (Wildman–Crippen LogP) is 5.46. The first kappa shape index (κ1) is 21.7. The first-order valence-electron chi connectivity index (χ1n) is 9.17. The van der Waals surface area contributed by atoms with Crippen LogP contribution in [0.3, 0.4) is 0 Å². The van der Waals surface area contributed by atoms with E-state index in [-0.39, 0.29) is 10.8 Å². The van der Waals surface area contributed by atoms with Crippen LogP contribution in [0.1, 0.15) is 34.2 Å². The highest BCUT2D eigenvalue weighted by molar-refractivity contribution is 7.15. The number of nitrogens with zero attached hydrogens (tertiary/aromatic N) is 2. The van der Waals surface area contributed by atoms with Gasteiger partial charge in [0, 0.05) is 5.69 Å². The van der Waals surface area contributed by atoms with Gasteiger partial charge in [-0.05, 0) is 61.9 Å². The topological polar surface area (TPSA) is 73.3 Å². The number of rotatable bonds is 8. The summed E-state index contributed by atoms with van der Waals surface area (Å²) < 4.78 is 24.2. The standard InChI is InChI=1S/C21H19ClFN3O3S/c1-3-28-17-10-5-13(12-18(17)29-4-2)11-16(22)20-25-26-21(30-20)19(27)24-15-8-6-14(23)7-9-15/h5-12H,3-4H2,1-2H3,(H,24,27)/b16-11-. The smallest absolute Gasteiger partial charge is 0.286 e. The number of aromatic nitrogens is 2. The number of carbonyl (C=O) groups excluding carboxylic acids is 1. The molecule has 0 bridgehead atoms. The van der Waals surface area contributed by atoms with Crippen molar-refractivity contribution in [3.63, 3.8) is 0 Å². The van der Waals surface area contributed by atoms with Crippen molar-refractivity contribution in [1.29, 1.82) is 0 Å². The van der Waals surface area contributed by atoms with Crippen LogP contribution < -0.4 is 14.8 Å². The zero-order chi connectivity index (χ0) is 21.5. The fourth-order valence-corrected chi connectivity index (χ4v) is 3.42. The van der Waals surface area contributed by atoms with Crippen LogP contribution in [0.5, 0.6) is 11.5 Å². The van der Waals surface area contributed by atoms with Gasteiger partial charge in [-0.15, -0.1) is 10.2 Å². The molecule has 2 aromatic carbocycles. The van der Waals surface area contributed by atoms with Crippen molar-refractivity contribution in [2.24, 2.45) is 0 Å². The van der Waals surface area contributed by atoms with Crippen molar-refractivity contribution >= 4 is 45.6 Å². The fraction of sp³-hybridized carbons (Fsp3) is 0.190. The quantitative estimate of drug-likeness (QED) is 0.496. The Hall–Kier alpha value is -2.97. The SMILES string of the molecule is CCOc1ccc(/C=C(\Cl)c2nnc(C(=O)Nc3ccc(F)cc3)s2)cc1OCC. The van der Waals surface area contributed by atoms with Crippen molar-refractivity contribution in [2.45, 2.75) is 13.8 Å². The van der Waals surface area contributed by atoms with E-state index in [1.807, 2.05) is 32.0 Å². The Morgan fingerprint density at radius 1 is 1.07 bits per heavy atom. The molecule has 3 aromatic rings. The Morgan fingerprint density at radius 2 is 1.73 bits per heavy atom. The summed E-state index contributed by atoms with van der Waals surface area (Å²) >= 11 is 7.44. The largest absolute Gasteiger partial charge is 0.490 e. The van der Waals surface area contributed by atoms with Crippen LogP contribution >= 0.6 is 22.9 Å². The van der Waals surface area contributed by atoms with Crippen LogP contribution in [0, 0.1) is 5.82 Å². The zero-order valence-corrected chi connectivity index (χ0v) is 17.9. The van der Waals surface area contributed by atoms with Crippen LogP contribution in [0.4, 0.5) is 10.1 Å². The predicted molar refractivity (Wildman–Crippen MR) is 117 cm³/mol. The normalized spacial score (nSPS) is 11.3. The lowest BCUT2D eigenvalue weighted by Gasteiger charge is -2.11. The summed E-state index contributed by atoms with van der Waals surface area (Å²) in [6.45, 7) is 4.83. The lowest BCUT2D eigenvalue weighted by atomic mass is 10.2. The molecule has 0 unspecified atom stereocenters. The number of nitrogens with one attached hydrogen (secondary N) is 1. The second-order valence-corrected chi connectivity index (χ2v) is 7.32. The third kappa shape index (κ3) is 5.55. The van der Waals surface area contributed by atoms with E-state index in [9.17, 15) is 9.18 Å². The molecule has 9 heteroatoms. The van der Waals surface area contributed by atoms with Gasteiger partial charge in [-0.1, -0.05) is 29.0 Å². The van der Waals surface area contributed by atoms with Gasteiger partial charge in [-0.25, -0.2) is 4.39 Å². The number of halogens is 2. The van der Waals surface area contributed by atoms with Gasteiger partial charge in [-0.2, -0.15) is 0 Å². The molecule has 156 valence electrons. The Bertz CT molecular complexity index is 1050. The van der Waals surface area contributed by atoms with Crippen molar-refractivity contribution in [1.82, 2.24) is 10.2 Å². The first-order valence-corrected chi connectivity index (χ1v) is 10.4. The number of anilines is 1. The van der Waals surface area contributed by atoms with E-state index in [1.54, 1.807) is 6.08 Å². The zero-order valence-electron chi connectivity index (χ0n) is 16.3. The molecule has 6 nitrogen and oxygen atoms in total. The summed E-state index contributed by atoms with van der Waals surface area (Å²) in [6, 6.07) is 10.9. The van der Waals surface area contributed by atoms with Gasteiger partial charge in [0.15, 0.2) is 16.5 Å². The summed E-state index contributed by atoms with van der Waals surface area (Å²) in [5, 5.41) is 11.4. The van der Waals surface area contributed by atoms with Gasteiger partial charge in [0.05, 0.1) is 18.2 Å². The third-order valence-corrected chi connectivity index (χ3v) is 5.14. The molecule has 0 fully saturated rings. The third-order valence-electron chi connectivity index (χ3n) is 3.79.